The summed E-state index contributed by atoms with van der Waals surface area (Å²) in [6.07, 6.45) is 6.31. The van der Waals surface area contributed by atoms with Gasteiger partial charge in [-0.3, -0.25) is 14.5 Å². The molecule has 2 amide bonds. The van der Waals surface area contributed by atoms with Crippen LogP contribution in [0.3, 0.4) is 0 Å². The lowest BCUT2D eigenvalue weighted by Gasteiger charge is -2.18. The van der Waals surface area contributed by atoms with Crippen LogP contribution in [0.25, 0.3) is 0 Å². The lowest BCUT2D eigenvalue weighted by atomic mass is 10.1. The lowest BCUT2D eigenvalue weighted by Crippen LogP contribution is -2.32. The maximum atomic E-state index is 12.7. The molecule has 2 saturated heterocycles. The van der Waals surface area contributed by atoms with E-state index in [4.69, 9.17) is 0 Å². The summed E-state index contributed by atoms with van der Waals surface area (Å²) < 4.78 is 0. The molecule has 3 aliphatic rings. The molecular weight excluding hydrogens is 386 g/mol. The third kappa shape index (κ3) is 4.52. The van der Waals surface area contributed by atoms with Crippen molar-refractivity contribution in [3.8, 4) is 0 Å². The van der Waals surface area contributed by atoms with E-state index in [0.717, 1.165) is 30.6 Å². The molecule has 2 heterocycles. The van der Waals surface area contributed by atoms with E-state index in [-0.39, 0.29) is 24.2 Å². The normalized spacial score (nSPS) is 21.0. The molecular formula is C26H31N3O2. The SMILES string of the molecule is O=C(NCc1ccc(CN2CCCC2)cc1)C1CC(=O)N(c2ccc3c(c2)CCC3)C1. The van der Waals surface area contributed by atoms with Crippen molar-refractivity contribution in [1.82, 2.24) is 10.2 Å². The van der Waals surface area contributed by atoms with E-state index < -0.39 is 0 Å². The Hall–Kier alpha value is -2.66. The predicted octanol–water partition coefficient (Wildman–Crippen LogP) is 3.44. The molecule has 0 bridgehead atoms. The molecule has 5 rings (SSSR count). The third-order valence-corrected chi connectivity index (χ3v) is 6.98. The van der Waals surface area contributed by atoms with Crippen LogP contribution in [0.4, 0.5) is 5.69 Å². The Morgan fingerprint density at radius 1 is 0.935 bits per heavy atom. The van der Waals surface area contributed by atoms with Crippen molar-refractivity contribution >= 4 is 17.5 Å². The summed E-state index contributed by atoms with van der Waals surface area (Å²) >= 11 is 0. The zero-order valence-electron chi connectivity index (χ0n) is 18.1. The molecule has 5 nitrogen and oxygen atoms in total. The van der Waals surface area contributed by atoms with Crippen LogP contribution in [-0.2, 0) is 35.5 Å². The number of hydrogen-bond acceptors (Lipinski definition) is 3. The van der Waals surface area contributed by atoms with Gasteiger partial charge in [-0.2, -0.15) is 0 Å². The first-order valence-electron chi connectivity index (χ1n) is 11.7. The number of hydrogen-bond donors (Lipinski definition) is 1. The standard InChI is InChI=1S/C26H31N3O2/c30-25-15-23(18-29(25)24-11-10-21-4-3-5-22(21)14-24)26(31)27-16-19-6-8-20(9-7-19)17-28-12-1-2-13-28/h6-11,14,23H,1-5,12-13,15-18H2,(H,27,31). The van der Waals surface area contributed by atoms with Crippen LogP contribution in [0.1, 0.15) is 47.9 Å². The van der Waals surface area contributed by atoms with E-state index in [1.54, 1.807) is 4.90 Å². The molecule has 2 aromatic rings. The summed E-state index contributed by atoms with van der Waals surface area (Å²) in [6, 6.07) is 14.8. The Bertz CT molecular complexity index is 963. The van der Waals surface area contributed by atoms with Gasteiger partial charge in [0.05, 0.1) is 5.92 Å². The van der Waals surface area contributed by atoms with E-state index in [1.165, 1.54) is 49.0 Å². The number of carbonyl (C=O) groups is 2. The fourth-order valence-corrected chi connectivity index (χ4v) is 5.15. The highest BCUT2D eigenvalue weighted by atomic mass is 16.2. The smallest absolute Gasteiger partial charge is 0.227 e. The molecule has 1 aliphatic carbocycles. The maximum absolute atomic E-state index is 12.7. The first-order chi connectivity index (χ1) is 15.2. The molecule has 1 N–H and O–H groups in total. The van der Waals surface area contributed by atoms with Gasteiger partial charge in [-0.1, -0.05) is 30.3 Å². The van der Waals surface area contributed by atoms with E-state index >= 15 is 0 Å². The van der Waals surface area contributed by atoms with Crippen LogP contribution in [0.15, 0.2) is 42.5 Å². The van der Waals surface area contributed by atoms with Gasteiger partial charge in [0, 0.05) is 31.7 Å². The van der Waals surface area contributed by atoms with Crippen molar-refractivity contribution < 1.29 is 9.59 Å². The van der Waals surface area contributed by atoms with Crippen molar-refractivity contribution in [3.63, 3.8) is 0 Å². The van der Waals surface area contributed by atoms with Gasteiger partial charge in [-0.25, -0.2) is 0 Å². The predicted molar refractivity (Wildman–Crippen MR) is 122 cm³/mol. The molecule has 1 atom stereocenters. The summed E-state index contributed by atoms with van der Waals surface area (Å²) in [7, 11) is 0. The Balaban J connectivity index is 1.14. The average molecular weight is 418 g/mol. The summed E-state index contributed by atoms with van der Waals surface area (Å²) in [4.78, 5) is 29.6. The van der Waals surface area contributed by atoms with Gasteiger partial charge in [0.1, 0.15) is 0 Å². The second kappa shape index (κ2) is 8.83. The molecule has 31 heavy (non-hydrogen) atoms. The fourth-order valence-electron chi connectivity index (χ4n) is 5.15. The molecule has 2 fully saturated rings. The van der Waals surface area contributed by atoms with Crippen LogP contribution in [0.5, 0.6) is 0 Å². The number of aryl methyl sites for hydroxylation is 2. The molecule has 0 spiro atoms. The minimum absolute atomic E-state index is 0.0295. The van der Waals surface area contributed by atoms with Gasteiger partial charge in [0.15, 0.2) is 0 Å². The van der Waals surface area contributed by atoms with Gasteiger partial charge in [0.2, 0.25) is 11.8 Å². The number of nitrogens with one attached hydrogen (secondary N) is 1. The summed E-state index contributed by atoms with van der Waals surface area (Å²) in [5, 5.41) is 3.04. The number of rotatable bonds is 6. The average Bonchev–Trinajstić information content (AvgIpc) is 3.53. The van der Waals surface area contributed by atoms with Crippen molar-refractivity contribution in [3.05, 3.63) is 64.7 Å². The second-order valence-electron chi connectivity index (χ2n) is 9.23. The first kappa shape index (κ1) is 20.3. The summed E-state index contributed by atoms with van der Waals surface area (Å²) in [6.45, 7) is 4.38. The first-order valence-corrected chi connectivity index (χ1v) is 11.7. The van der Waals surface area contributed by atoms with Gasteiger partial charge < -0.3 is 10.2 Å². The third-order valence-electron chi connectivity index (χ3n) is 6.98. The lowest BCUT2D eigenvalue weighted by molar-refractivity contribution is -0.126. The molecule has 5 heteroatoms. The number of benzene rings is 2. The van der Waals surface area contributed by atoms with Crippen LogP contribution in [0.2, 0.25) is 0 Å². The number of anilines is 1. The Kier molecular flexibility index (Phi) is 5.77. The summed E-state index contributed by atoms with van der Waals surface area (Å²) in [5.41, 5.74) is 6.11. The zero-order valence-corrected chi connectivity index (χ0v) is 18.1. The van der Waals surface area contributed by atoms with Crippen molar-refractivity contribution in [1.29, 1.82) is 0 Å². The van der Waals surface area contributed by atoms with E-state index in [0.29, 0.717) is 13.1 Å². The van der Waals surface area contributed by atoms with Gasteiger partial charge in [0.25, 0.3) is 0 Å². The number of amides is 2. The Morgan fingerprint density at radius 2 is 1.68 bits per heavy atom. The highest BCUT2D eigenvalue weighted by Crippen LogP contribution is 2.30. The van der Waals surface area contributed by atoms with Crippen molar-refractivity contribution in [2.24, 2.45) is 5.92 Å². The van der Waals surface area contributed by atoms with E-state index in [2.05, 4.69) is 46.6 Å². The van der Waals surface area contributed by atoms with Gasteiger partial charge >= 0.3 is 0 Å². The van der Waals surface area contributed by atoms with Crippen molar-refractivity contribution in [2.75, 3.05) is 24.5 Å². The number of likely N-dealkylation sites (tertiary alicyclic amines) is 1. The minimum Gasteiger partial charge on any atom is -0.352 e. The molecule has 2 aromatic carbocycles. The molecule has 0 saturated carbocycles. The highest BCUT2D eigenvalue weighted by molar-refractivity contribution is 6.00. The van der Waals surface area contributed by atoms with E-state index in [9.17, 15) is 9.59 Å². The number of carbonyl (C=O) groups excluding carboxylic acids is 2. The molecule has 0 aromatic heterocycles. The number of nitrogens with zero attached hydrogens (tertiary/aromatic N) is 2. The van der Waals surface area contributed by atoms with Crippen molar-refractivity contribution in [2.45, 2.75) is 51.6 Å². The maximum Gasteiger partial charge on any atom is 0.227 e. The fraction of sp³-hybridized carbons (Fsp3) is 0.462. The Labute approximate surface area is 184 Å². The monoisotopic (exact) mass is 417 g/mol. The minimum atomic E-state index is -0.282. The highest BCUT2D eigenvalue weighted by Gasteiger charge is 2.35. The molecule has 2 aliphatic heterocycles. The van der Waals surface area contributed by atoms with Gasteiger partial charge in [-0.05, 0) is 79.6 Å². The van der Waals surface area contributed by atoms with Crippen LogP contribution in [-0.4, -0.2) is 36.3 Å². The van der Waals surface area contributed by atoms with Gasteiger partial charge in [-0.15, -0.1) is 0 Å². The summed E-state index contributed by atoms with van der Waals surface area (Å²) in [5.74, 6) is -0.266. The largest absolute Gasteiger partial charge is 0.352 e. The topological polar surface area (TPSA) is 52.7 Å². The van der Waals surface area contributed by atoms with Crippen LogP contribution in [0, 0.1) is 5.92 Å². The molecule has 1 unspecified atom stereocenters. The van der Waals surface area contributed by atoms with E-state index in [1.807, 2.05) is 6.07 Å². The Morgan fingerprint density at radius 3 is 2.48 bits per heavy atom. The van der Waals surface area contributed by atoms with Crippen LogP contribution >= 0.6 is 0 Å². The molecule has 162 valence electrons. The quantitative estimate of drug-likeness (QED) is 0.783. The molecule has 0 radical (unpaired) electrons. The zero-order chi connectivity index (χ0) is 21.2. The number of fused-ring (bicyclic) bond motifs is 1. The van der Waals surface area contributed by atoms with Crippen LogP contribution < -0.4 is 10.2 Å². The second-order valence-corrected chi connectivity index (χ2v) is 9.23.